The first-order valence-electron chi connectivity index (χ1n) is 8.15. The van der Waals surface area contributed by atoms with Gasteiger partial charge < -0.3 is 11.1 Å². The van der Waals surface area contributed by atoms with E-state index in [0.29, 0.717) is 23.9 Å². The summed E-state index contributed by atoms with van der Waals surface area (Å²) in [5.41, 5.74) is 10.7. The fourth-order valence-corrected chi connectivity index (χ4v) is 2.55. The minimum absolute atomic E-state index is 0. The van der Waals surface area contributed by atoms with Crippen LogP contribution in [0.5, 0.6) is 0 Å². The summed E-state index contributed by atoms with van der Waals surface area (Å²) in [5, 5.41) is 3.05. The standard InChI is InChI=1S/C20H26N2O.ClH/c1-13(2)16-7-10-19(18(12-16)14(3)4)22-20(23)11-15-5-8-17(21)9-6-15;/h5-10,12-14H,11,21H2,1-4H3,(H,22,23);1H. The highest BCUT2D eigenvalue weighted by atomic mass is 35.5. The van der Waals surface area contributed by atoms with E-state index in [-0.39, 0.29) is 18.3 Å². The van der Waals surface area contributed by atoms with Gasteiger partial charge >= 0.3 is 0 Å². The first-order valence-corrected chi connectivity index (χ1v) is 8.15. The van der Waals surface area contributed by atoms with Crippen LogP contribution >= 0.6 is 12.4 Å². The first-order chi connectivity index (χ1) is 10.9. The van der Waals surface area contributed by atoms with Crippen molar-refractivity contribution >= 4 is 29.7 Å². The summed E-state index contributed by atoms with van der Waals surface area (Å²) in [5.74, 6) is 0.835. The molecule has 4 heteroatoms. The van der Waals surface area contributed by atoms with Gasteiger partial charge in [-0.2, -0.15) is 0 Å². The van der Waals surface area contributed by atoms with Crippen molar-refractivity contribution in [2.45, 2.75) is 46.0 Å². The topological polar surface area (TPSA) is 55.1 Å². The van der Waals surface area contributed by atoms with E-state index in [2.05, 4.69) is 45.1 Å². The number of nitrogen functional groups attached to an aromatic ring is 1. The monoisotopic (exact) mass is 346 g/mol. The number of rotatable bonds is 5. The number of hydrogen-bond donors (Lipinski definition) is 2. The summed E-state index contributed by atoms with van der Waals surface area (Å²) in [4.78, 5) is 12.3. The van der Waals surface area contributed by atoms with Gasteiger partial charge in [0.2, 0.25) is 5.91 Å². The largest absolute Gasteiger partial charge is 0.399 e. The number of nitrogens with two attached hydrogens (primary N) is 1. The van der Waals surface area contributed by atoms with Gasteiger partial charge in [0, 0.05) is 11.4 Å². The van der Waals surface area contributed by atoms with Crippen molar-refractivity contribution in [3.63, 3.8) is 0 Å². The van der Waals surface area contributed by atoms with E-state index in [1.54, 1.807) is 0 Å². The zero-order valence-electron chi connectivity index (χ0n) is 14.8. The lowest BCUT2D eigenvalue weighted by molar-refractivity contribution is -0.115. The molecule has 0 saturated carbocycles. The van der Waals surface area contributed by atoms with Gasteiger partial charge in [-0.25, -0.2) is 0 Å². The van der Waals surface area contributed by atoms with E-state index < -0.39 is 0 Å². The molecule has 1 amide bonds. The predicted molar refractivity (Wildman–Crippen MR) is 105 cm³/mol. The number of nitrogens with one attached hydrogen (secondary N) is 1. The number of amides is 1. The van der Waals surface area contributed by atoms with Gasteiger partial charge in [0.1, 0.15) is 0 Å². The Balaban J connectivity index is 0.00000288. The van der Waals surface area contributed by atoms with Crippen molar-refractivity contribution < 1.29 is 4.79 Å². The van der Waals surface area contributed by atoms with Crippen molar-refractivity contribution in [2.75, 3.05) is 11.1 Å². The van der Waals surface area contributed by atoms with Crippen molar-refractivity contribution in [2.24, 2.45) is 0 Å². The van der Waals surface area contributed by atoms with Crippen molar-refractivity contribution in [3.05, 3.63) is 59.2 Å². The Hall–Kier alpha value is -2.00. The zero-order chi connectivity index (χ0) is 17.0. The number of benzene rings is 2. The smallest absolute Gasteiger partial charge is 0.228 e. The average Bonchev–Trinajstić information content (AvgIpc) is 2.49. The molecule has 0 fully saturated rings. The van der Waals surface area contributed by atoms with Crippen molar-refractivity contribution in [1.29, 1.82) is 0 Å². The zero-order valence-corrected chi connectivity index (χ0v) is 15.6. The third-order valence-corrected chi connectivity index (χ3v) is 3.98. The van der Waals surface area contributed by atoms with Crippen LogP contribution < -0.4 is 11.1 Å². The molecule has 0 aliphatic heterocycles. The molecular formula is C20H27ClN2O. The van der Waals surface area contributed by atoms with Crippen LogP contribution in [-0.4, -0.2) is 5.91 Å². The van der Waals surface area contributed by atoms with E-state index in [4.69, 9.17) is 5.73 Å². The first kappa shape index (κ1) is 20.0. The van der Waals surface area contributed by atoms with Crippen LogP contribution in [0.15, 0.2) is 42.5 Å². The van der Waals surface area contributed by atoms with E-state index in [0.717, 1.165) is 11.3 Å². The molecule has 3 N–H and O–H groups in total. The fourth-order valence-electron chi connectivity index (χ4n) is 2.55. The Kier molecular flexibility index (Phi) is 7.30. The van der Waals surface area contributed by atoms with E-state index in [1.165, 1.54) is 11.1 Å². The Bertz CT molecular complexity index is 679. The summed E-state index contributed by atoms with van der Waals surface area (Å²) < 4.78 is 0. The number of hydrogen-bond acceptors (Lipinski definition) is 2. The molecule has 0 unspecified atom stereocenters. The van der Waals surface area contributed by atoms with Crippen molar-refractivity contribution in [3.8, 4) is 0 Å². The quantitative estimate of drug-likeness (QED) is 0.738. The molecule has 130 valence electrons. The third kappa shape index (κ3) is 5.27. The van der Waals surface area contributed by atoms with E-state index in [1.807, 2.05) is 30.3 Å². The number of carbonyl (C=O) groups excluding carboxylic acids is 1. The summed E-state index contributed by atoms with van der Waals surface area (Å²) in [6.07, 6.45) is 0.351. The molecule has 3 nitrogen and oxygen atoms in total. The molecule has 2 rings (SSSR count). The molecule has 0 atom stereocenters. The molecule has 0 spiro atoms. The van der Waals surface area contributed by atoms with Crippen LogP contribution in [0.2, 0.25) is 0 Å². The van der Waals surface area contributed by atoms with Gasteiger partial charge in [-0.15, -0.1) is 12.4 Å². The van der Waals surface area contributed by atoms with Crippen LogP contribution in [0, 0.1) is 0 Å². The molecular weight excluding hydrogens is 320 g/mol. The third-order valence-electron chi connectivity index (χ3n) is 3.98. The molecule has 0 bridgehead atoms. The molecule has 0 saturated heterocycles. The molecule has 2 aromatic rings. The molecule has 0 heterocycles. The molecule has 24 heavy (non-hydrogen) atoms. The van der Waals surface area contributed by atoms with Crippen molar-refractivity contribution in [1.82, 2.24) is 0 Å². The lowest BCUT2D eigenvalue weighted by atomic mass is 9.94. The van der Waals surface area contributed by atoms with E-state index in [9.17, 15) is 4.79 Å². The van der Waals surface area contributed by atoms with Gasteiger partial charge in [-0.1, -0.05) is 52.0 Å². The second-order valence-corrected chi connectivity index (χ2v) is 6.62. The van der Waals surface area contributed by atoms with Crippen LogP contribution in [0.4, 0.5) is 11.4 Å². The maximum absolute atomic E-state index is 12.3. The summed E-state index contributed by atoms with van der Waals surface area (Å²) in [7, 11) is 0. The average molecular weight is 347 g/mol. The normalized spacial score (nSPS) is 10.6. The summed E-state index contributed by atoms with van der Waals surface area (Å²) in [6.45, 7) is 8.65. The lowest BCUT2D eigenvalue weighted by Gasteiger charge is -2.17. The van der Waals surface area contributed by atoms with Crippen LogP contribution in [-0.2, 0) is 11.2 Å². The second kappa shape index (κ2) is 8.74. The van der Waals surface area contributed by atoms with Crippen LogP contribution in [0.25, 0.3) is 0 Å². The Labute approximate surface area is 151 Å². The SMILES string of the molecule is CC(C)c1ccc(NC(=O)Cc2ccc(N)cc2)c(C(C)C)c1.Cl. The molecule has 0 aliphatic rings. The molecule has 0 radical (unpaired) electrons. The molecule has 0 aliphatic carbocycles. The van der Waals surface area contributed by atoms with Gasteiger partial charge in [-0.05, 0) is 46.7 Å². The Morgan fingerprint density at radius 1 is 1.00 bits per heavy atom. The maximum atomic E-state index is 12.3. The number of halogens is 1. The predicted octanol–water partition coefficient (Wildman–Crippen LogP) is 5.12. The number of anilines is 2. The second-order valence-electron chi connectivity index (χ2n) is 6.62. The minimum atomic E-state index is -0.00558. The lowest BCUT2D eigenvalue weighted by Crippen LogP contribution is -2.16. The van der Waals surface area contributed by atoms with Crippen LogP contribution in [0.1, 0.15) is 56.2 Å². The summed E-state index contributed by atoms with van der Waals surface area (Å²) in [6, 6.07) is 13.7. The highest BCUT2D eigenvalue weighted by molar-refractivity contribution is 5.93. The van der Waals surface area contributed by atoms with E-state index >= 15 is 0 Å². The number of carbonyl (C=O) groups is 1. The summed E-state index contributed by atoms with van der Waals surface area (Å²) >= 11 is 0. The fraction of sp³-hybridized carbons (Fsp3) is 0.350. The minimum Gasteiger partial charge on any atom is -0.399 e. The Morgan fingerprint density at radius 3 is 2.17 bits per heavy atom. The molecule has 2 aromatic carbocycles. The van der Waals surface area contributed by atoms with Gasteiger partial charge in [0.25, 0.3) is 0 Å². The maximum Gasteiger partial charge on any atom is 0.228 e. The van der Waals surface area contributed by atoms with Gasteiger partial charge in [0.05, 0.1) is 6.42 Å². The Morgan fingerprint density at radius 2 is 1.62 bits per heavy atom. The van der Waals surface area contributed by atoms with Gasteiger partial charge in [0.15, 0.2) is 0 Å². The molecule has 0 aromatic heterocycles. The van der Waals surface area contributed by atoms with Crippen LogP contribution in [0.3, 0.4) is 0 Å². The highest BCUT2D eigenvalue weighted by Gasteiger charge is 2.12. The highest BCUT2D eigenvalue weighted by Crippen LogP contribution is 2.28. The van der Waals surface area contributed by atoms with Gasteiger partial charge in [-0.3, -0.25) is 4.79 Å².